The third kappa shape index (κ3) is 2.82. The number of benzene rings is 2. The van der Waals surface area contributed by atoms with E-state index in [0.29, 0.717) is 27.5 Å². The molecule has 7 heteroatoms. The van der Waals surface area contributed by atoms with E-state index in [1.807, 2.05) is 6.92 Å². The monoisotopic (exact) mass is 317 g/mol. The Bertz CT molecular complexity index is 914. The van der Waals surface area contributed by atoms with E-state index in [4.69, 9.17) is 16.0 Å². The molecule has 3 N–H and O–H groups in total. The highest BCUT2D eigenvalue weighted by Gasteiger charge is 2.08. The first-order valence-electron chi connectivity index (χ1n) is 6.49. The van der Waals surface area contributed by atoms with Gasteiger partial charge in [-0.25, -0.2) is 9.59 Å². The number of carbonyl (C=O) groups is 1. The molecule has 6 nitrogen and oxygen atoms in total. The Morgan fingerprint density at radius 2 is 2.05 bits per heavy atom. The zero-order valence-corrected chi connectivity index (χ0v) is 12.3. The fourth-order valence-corrected chi connectivity index (χ4v) is 2.23. The minimum Gasteiger partial charge on any atom is -0.408 e. The van der Waals surface area contributed by atoms with Crippen molar-refractivity contribution in [1.82, 2.24) is 4.98 Å². The second-order valence-electron chi connectivity index (χ2n) is 4.72. The molecule has 1 heterocycles. The molecule has 112 valence electrons. The van der Waals surface area contributed by atoms with Crippen molar-refractivity contribution in [2.24, 2.45) is 0 Å². The van der Waals surface area contributed by atoms with Gasteiger partial charge in [0.15, 0.2) is 5.58 Å². The first-order valence-corrected chi connectivity index (χ1v) is 6.87. The van der Waals surface area contributed by atoms with E-state index < -0.39 is 11.8 Å². The molecule has 0 atom stereocenters. The summed E-state index contributed by atoms with van der Waals surface area (Å²) in [4.78, 5) is 25.6. The fourth-order valence-electron chi connectivity index (χ4n) is 2.05. The van der Waals surface area contributed by atoms with Gasteiger partial charge in [-0.15, -0.1) is 0 Å². The van der Waals surface area contributed by atoms with Crippen LogP contribution >= 0.6 is 11.6 Å². The van der Waals surface area contributed by atoms with Crippen LogP contribution in [0.4, 0.5) is 16.2 Å². The number of anilines is 2. The van der Waals surface area contributed by atoms with Gasteiger partial charge in [-0.3, -0.25) is 4.98 Å². The molecule has 0 aliphatic rings. The Balaban J connectivity index is 1.77. The number of aromatic amines is 1. The highest BCUT2D eigenvalue weighted by Crippen LogP contribution is 2.23. The predicted molar refractivity (Wildman–Crippen MR) is 85.7 cm³/mol. The molecular formula is C15H12ClN3O3. The van der Waals surface area contributed by atoms with Gasteiger partial charge in [0, 0.05) is 22.5 Å². The van der Waals surface area contributed by atoms with Gasteiger partial charge in [0.1, 0.15) is 0 Å². The van der Waals surface area contributed by atoms with E-state index in [-0.39, 0.29) is 0 Å². The third-order valence-electron chi connectivity index (χ3n) is 3.19. The van der Waals surface area contributed by atoms with Gasteiger partial charge in [0.05, 0.1) is 5.52 Å². The molecule has 0 aliphatic heterocycles. The van der Waals surface area contributed by atoms with E-state index in [1.165, 1.54) is 0 Å². The summed E-state index contributed by atoms with van der Waals surface area (Å²) in [6.45, 7) is 1.82. The van der Waals surface area contributed by atoms with Crippen LogP contribution in [-0.4, -0.2) is 11.0 Å². The number of halogens is 1. The molecule has 0 radical (unpaired) electrons. The predicted octanol–water partition coefficient (Wildman–Crippen LogP) is 3.73. The van der Waals surface area contributed by atoms with E-state index >= 15 is 0 Å². The topological polar surface area (TPSA) is 87.1 Å². The number of H-pyrrole nitrogens is 1. The molecule has 3 aromatic rings. The zero-order chi connectivity index (χ0) is 15.7. The quantitative estimate of drug-likeness (QED) is 0.673. The second kappa shape index (κ2) is 5.57. The van der Waals surface area contributed by atoms with Crippen LogP contribution in [0.3, 0.4) is 0 Å². The van der Waals surface area contributed by atoms with Crippen LogP contribution in [0.1, 0.15) is 5.56 Å². The second-order valence-corrected chi connectivity index (χ2v) is 5.12. The summed E-state index contributed by atoms with van der Waals surface area (Å²) in [5.74, 6) is -0.536. The van der Waals surface area contributed by atoms with E-state index in [2.05, 4.69) is 15.6 Å². The molecular weight excluding hydrogens is 306 g/mol. The zero-order valence-electron chi connectivity index (χ0n) is 11.6. The van der Waals surface area contributed by atoms with Crippen LogP contribution in [0.2, 0.25) is 5.02 Å². The Labute approximate surface area is 130 Å². The van der Waals surface area contributed by atoms with Crippen LogP contribution in [-0.2, 0) is 0 Å². The largest absolute Gasteiger partial charge is 0.417 e. The van der Waals surface area contributed by atoms with Crippen LogP contribution in [0.25, 0.3) is 11.1 Å². The normalized spacial score (nSPS) is 10.6. The lowest BCUT2D eigenvalue weighted by atomic mass is 10.2. The number of hydrogen-bond donors (Lipinski definition) is 3. The van der Waals surface area contributed by atoms with Crippen LogP contribution in [0.15, 0.2) is 45.6 Å². The molecule has 0 saturated carbocycles. The highest BCUT2D eigenvalue weighted by molar-refractivity contribution is 6.31. The van der Waals surface area contributed by atoms with Crippen molar-refractivity contribution in [2.45, 2.75) is 6.92 Å². The molecule has 0 fully saturated rings. The number of rotatable bonds is 2. The van der Waals surface area contributed by atoms with Crippen molar-refractivity contribution in [2.75, 3.05) is 10.6 Å². The van der Waals surface area contributed by atoms with E-state index in [1.54, 1.807) is 36.4 Å². The van der Waals surface area contributed by atoms with Gasteiger partial charge in [0.25, 0.3) is 0 Å². The number of oxazole rings is 1. The molecule has 0 unspecified atom stereocenters. The standard InChI is InChI=1S/C15H12ClN3O3/c1-8-10(16)3-2-4-11(8)18-14(20)17-9-5-6-12-13(7-9)22-15(21)19-12/h2-7H,1H3,(H,19,21)(H2,17,18,20). The maximum atomic E-state index is 12.0. The number of amides is 2. The molecule has 0 spiro atoms. The lowest BCUT2D eigenvalue weighted by Gasteiger charge is -2.10. The number of hydrogen-bond acceptors (Lipinski definition) is 3. The van der Waals surface area contributed by atoms with Crippen molar-refractivity contribution < 1.29 is 9.21 Å². The molecule has 22 heavy (non-hydrogen) atoms. The first-order chi connectivity index (χ1) is 10.5. The van der Waals surface area contributed by atoms with Crippen molar-refractivity contribution in [1.29, 1.82) is 0 Å². The summed E-state index contributed by atoms with van der Waals surface area (Å²) in [5.41, 5.74) is 2.86. The number of aromatic nitrogens is 1. The smallest absolute Gasteiger partial charge is 0.408 e. The minimum absolute atomic E-state index is 0.377. The lowest BCUT2D eigenvalue weighted by Crippen LogP contribution is -2.19. The number of urea groups is 1. The van der Waals surface area contributed by atoms with E-state index in [9.17, 15) is 9.59 Å². The van der Waals surface area contributed by atoms with Gasteiger partial charge in [-0.05, 0) is 36.8 Å². The van der Waals surface area contributed by atoms with Gasteiger partial charge in [0.2, 0.25) is 0 Å². The van der Waals surface area contributed by atoms with Gasteiger partial charge < -0.3 is 15.1 Å². The molecule has 2 amide bonds. The van der Waals surface area contributed by atoms with E-state index in [0.717, 1.165) is 5.56 Å². The number of fused-ring (bicyclic) bond motifs is 1. The van der Waals surface area contributed by atoms with Crippen LogP contribution in [0, 0.1) is 6.92 Å². The summed E-state index contributed by atoms with van der Waals surface area (Å²) >= 11 is 6.01. The van der Waals surface area contributed by atoms with Crippen molar-refractivity contribution >= 4 is 40.1 Å². The van der Waals surface area contributed by atoms with Crippen molar-refractivity contribution in [3.8, 4) is 0 Å². The molecule has 0 bridgehead atoms. The van der Waals surface area contributed by atoms with Crippen LogP contribution < -0.4 is 16.4 Å². The summed E-state index contributed by atoms with van der Waals surface area (Å²) in [6.07, 6.45) is 0. The average molecular weight is 318 g/mol. The van der Waals surface area contributed by atoms with Crippen LogP contribution in [0.5, 0.6) is 0 Å². The van der Waals surface area contributed by atoms with Gasteiger partial charge in [-0.1, -0.05) is 17.7 Å². The fraction of sp³-hybridized carbons (Fsp3) is 0.0667. The molecule has 2 aromatic carbocycles. The van der Waals surface area contributed by atoms with Crippen molar-refractivity contribution in [3.63, 3.8) is 0 Å². The first kappa shape index (κ1) is 14.2. The Morgan fingerprint density at radius 1 is 1.23 bits per heavy atom. The number of nitrogens with one attached hydrogen (secondary N) is 3. The molecule has 3 rings (SSSR count). The summed E-state index contributed by atoms with van der Waals surface area (Å²) < 4.78 is 4.94. The van der Waals surface area contributed by atoms with Gasteiger partial charge in [-0.2, -0.15) is 0 Å². The molecule has 0 aliphatic carbocycles. The molecule has 0 saturated heterocycles. The Morgan fingerprint density at radius 3 is 2.86 bits per heavy atom. The van der Waals surface area contributed by atoms with Gasteiger partial charge >= 0.3 is 11.8 Å². The summed E-state index contributed by atoms with van der Waals surface area (Å²) in [6, 6.07) is 9.74. The maximum absolute atomic E-state index is 12.0. The average Bonchev–Trinajstić information content (AvgIpc) is 2.83. The lowest BCUT2D eigenvalue weighted by molar-refractivity contribution is 0.262. The summed E-state index contributed by atoms with van der Waals surface area (Å²) in [7, 11) is 0. The van der Waals surface area contributed by atoms with Crippen molar-refractivity contribution in [3.05, 3.63) is 57.5 Å². The highest BCUT2D eigenvalue weighted by atomic mass is 35.5. The Hall–Kier alpha value is -2.73. The molecule has 1 aromatic heterocycles. The third-order valence-corrected chi connectivity index (χ3v) is 3.60. The number of carbonyl (C=O) groups excluding carboxylic acids is 1. The maximum Gasteiger partial charge on any atom is 0.417 e. The minimum atomic E-state index is -0.536. The SMILES string of the molecule is Cc1c(Cl)cccc1NC(=O)Nc1ccc2[nH]c(=O)oc2c1. The summed E-state index contributed by atoms with van der Waals surface area (Å²) in [5, 5.41) is 5.96. The Kier molecular flexibility index (Phi) is 3.60.